The second kappa shape index (κ2) is 8.29. The first-order valence-electron chi connectivity index (χ1n) is 10.6. The van der Waals surface area contributed by atoms with Crippen LogP contribution < -0.4 is 10.2 Å². The zero-order valence-electron chi connectivity index (χ0n) is 17.6. The molecule has 29 heavy (non-hydrogen) atoms. The van der Waals surface area contributed by atoms with Gasteiger partial charge in [0.25, 0.3) is 5.91 Å². The normalized spacial score (nSPS) is 15.1. The predicted molar refractivity (Wildman–Crippen MR) is 121 cm³/mol. The third kappa shape index (κ3) is 3.87. The number of aromatic nitrogens is 1. The molecule has 0 bridgehead atoms. The van der Waals surface area contributed by atoms with E-state index in [-0.39, 0.29) is 5.91 Å². The molecule has 0 atom stereocenters. The second-order valence-corrected chi connectivity index (χ2v) is 7.71. The van der Waals surface area contributed by atoms with Crippen molar-refractivity contribution in [3.8, 4) is 0 Å². The number of likely N-dealkylation sites (N-methyl/N-ethyl adjacent to an activating group) is 1. The van der Waals surface area contributed by atoms with E-state index in [1.165, 1.54) is 5.69 Å². The van der Waals surface area contributed by atoms with Crippen LogP contribution in [-0.2, 0) is 6.54 Å². The molecular weight excluding hydrogens is 360 g/mol. The Bertz CT molecular complexity index is 1010. The first kappa shape index (κ1) is 19.5. The Balaban J connectivity index is 1.52. The number of hydrogen-bond acceptors (Lipinski definition) is 3. The van der Waals surface area contributed by atoms with Gasteiger partial charge in [-0.2, -0.15) is 0 Å². The van der Waals surface area contributed by atoms with Crippen LogP contribution in [-0.4, -0.2) is 48.1 Å². The highest BCUT2D eigenvalue weighted by Gasteiger charge is 2.18. The fourth-order valence-electron chi connectivity index (χ4n) is 4.23. The van der Waals surface area contributed by atoms with Gasteiger partial charge < -0.3 is 19.7 Å². The third-order valence-electron chi connectivity index (χ3n) is 6.00. The van der Waals surface area contributed by atoms with Crippen molar-refractivity contribution < 1.29 is 4.79 Å². The molecule has 2 aromatic carbocycles. The summed E-state index contributed by atoms with van der Waals surface area (Å²) in [4.78, 5) is 17.9. The van der Waals surface area contributed by atoms with Gasteiger partial charge in [-0.3, -0.25) is 4.79 Å². The number of benzene rings is 2. The smallest absolute Gasteiger partial charge is 0.272 e. The summed E-state index contributed by atoms with van der Waals surface area (Å²) in [6.45, 7) is 12.5. The highest BCUT2D eigenvalue weighted by Crippen LogP contribution is 2.25. The van der Waals surface area contributed by atoms with E-state index < -0.39 is 0 Å². The molecule has 1 saturated heterocycles. The molecule has 152 valence electrons. The summed E-state index contributed by atoms with van der Waals surface area (Å²) in [6.07, 6.45) is 0. The van der Waals surface area contributed by atoms with E-state index in [9.17, 15) is 4.79 Å². The maximum atomic E-state index is 13.0. The van der Waals surface area contributed by atoms with Gasteiger partial charge >= 0.3 is 0 Å². The molecule has 4 rings (SSSR count). The Kier molecular flexibility index (Phi) is 5.58. The van der Waals surface area contributed by atoms with E-state index in [2.05, 4.69) is 64.7 Å². The van der Waals surface area contributed by atoms with Gasteiger partial charge in [0, 0.05) is 55.0 Å². The number of anilines is 2. The Morgan fingerprint density at radius 1 is 0.966 bits per heavy atom. The number of piperazine rings is 1. The summed E-state index contributed by atoms with van der Waals surface area (Å²) < 4.78 is 2.07. The predicted octanol–water partition coefficient (Wildman–Crippen LogP) is 4.36. The van der Waals surface area contributed by atoms with Crippen LogP contribution in [0.5, 0.6) is 0 Å². The number of rotatable bonds is 5. The zero-order chi connectivity index (χ0) is 20.4. The minimum Gasteiger partial charge on any atom is -0.369 e. The van der Waals surface area contributed by atoms with Crippen molar-refractivity contribution in [1.29, 1.82) is 0 Å². The molecule has 0 spiro atoms. The lowest BCUT2D eigenvalue weighted by Gasteiger charge is -2.35. The van der Waals surface area contributed by atoms with Crippen LogP contribution in [0.25, 0.3) is 10.9 Å². The van der Waals surface area contributed by atoms with Crippen LogP contribution in [0.1, 0.15) is 29.9 Å². The van der Waals surface area contributed by atoms with Gasteiger partial charge in [-0.25, -0.2) is 0 Å². The number of amides is 1. The molecule has 0 saturated carbocycles. The van der Waals surface area contributed by atoms with Crippen LogP contribution >= 0.6 is 0 Å². The number of hydrogen-bond donors (Lipinski definition) is 1. The number of carbonyl (C=O) groups excluding carboxylic acids is 1. The highest BCUT2D eigenvalue weighted by atomic mass is 16.1. The number of fused-ring (bicyclic) bond motifs is 1. The minimum atomic E-state index is -0.0598. The maximum Gasteiger partial charge on any atom is 0.272 e. The van der Waals surface area contributed by atoms with Gasteiger partial charge in [-0.15, -0.1) is 0 Å². The lowest BCUT2D eigenvalue weighted by atomic mass is 10.1. The van der Waals surface area contributed by atoms with Gasteiger partial charge in [-0.05, 0) is 56.3 Å². The molecule has 1 amide bonds. The lowest BCUT2D eigenvalue weighted by Crippen LogP contribution is -2.46. The second-order valence-electron chi connectivity index (χ2n) is 7.71. The lowest BCUT2D eigenvalue weighted by molar-refractivity contribution is 0.101. The molecule has 0 unspecified atom stereocenters. The van der Waals surface area contributed by atoms with Crippen LogP contribution in [0.15, 0.2) is 48.5 Å². The summed E-state index contributed by atoms with van der Waals surface area (Å²) in [5, 5.41) is 4.22. The summed E-state index contributed by atoms with van der Waals surface area (Å²) in [7, 11) is 0. The number of nitrogens with one attached hydrogen (secondary N) is 1. The largest absolute Gasteiger partial charge is 0.369 e. The molecule has 3 aromatic rings. The highest BCUT2D eigenvalue weighted by molar-refractivity contribution is 6.06. The van der Waals surface area contributed by atoms with Gasteiger partial charge in [-0.1, -0.05) is 25.1 Å². The number of aryl methyl sites for hydroxylation is 2. The molecular formula is C24H30N4O. The van der Waals surface area contributed by atoms with Crippen molar-refractivity contribution in [1.82, 2.24) is 9.47 Å². The molecule has 5 heteroatoms. The van der Waals surface area contributed by atoms with Crippen molar-refractivity contribution in [2.45, 2.75) is 27.3 Å². The average Bonchev–Trinajstić information content (AvgIpc) is 3.14. The molecule has 1 N–H and O–H groups in total. The van der Waals surface area contributed by atoms with E-state index in [4.69, 9.17) is 0 Å². The van der Waals surface area contributed by atoms with Crippen molar-refractivity contribution in [2.24, 2.45) is 0 Å². The molecule has 1 aromatic heterocycles. The molecule has 0 radical (unpaired) electrons. The summed E-state index contributed by atoms with van der Waals surface area (Å²) >= 11 is 0. The van der Waals surface area contributed by atoms with Crippen molar-refractivity contribution in [3.63, 3.8) is 0 Å². The van der Waals surface area contributed by atoms with E-state index >= 15 is 0 Å². The maximum absolute atomic E-state index is 13.0. The molecule has 1 aliphatic rings. The Morgan fingerprint density at radius 3 is 2.41 bits per heavy atom. The first-order chi connectivity index (χ1) is 14.1. The Labute approximate surface area is 172 Å². The molecule has 2 heterocycles. The zero-order valence-corrected chi connectivity index (χ0v) is 17.6. The number of nitrogens with zero attached hydrogens (tertiary/aromatic N) is 3. The fraction of sp³-hybridized carbons (Fsp3) is 0.375. The van der Waals surface area contributed by atoms with Gasteiger partial charge in [0.1, 0.15) is 5.69 Å². The molecule has 0 aliphatic carbocycles. The van der Waals surface area contributed by atoms with E-state index in [1.54, 1.807) is 0 Å². The van der Waals surface area contributed by atoms with Crippen molar-refractivity contribution in [2.75, 3.05) is 42.9 Å². The first-order valence-corrected chi connectivity index (χ1v) is 10.6. The summed E-state index contributed by atoms with van der Waals surface area (Å²) in [5.41, 5.74) is 5.00. The van der Waals surface area contributed by atoms with Crippen molar-refractivity contribution in [3.05, 3.63) is 59.8 Å². The standard InChI is InChI=1S/C24H30N4O/c1-4-26-12-14-27(15-13-26)20-10-11-21(18(3)16-20)25-24(29)23-17-19-8-6-7-9-22(19)28(23)5-2/h6-11,16-17H,4-5,12-15H2,1-3H3,(H,25,29). The fourth-order valence-corrected chi connectivity index (χ4v) is 4.23. The topological polar surface area (TPSA) is 40.5 Å². The summed E-state index contributed by atoms with van der Waals surface area (Å²) in [6, 6.07) is 16.5. The number of para-hydroxylation sites is 1. The van der Waals surface area contributed by atoms with Crippen LogP contribution in [0.3, 0.4) is 0 Å². The third-order valence-corrected chi connectivity index (χ3v) is 6.00. The monoisotopic (exact) mass is 390 g/mol. The van der Waals surface area contributed by atoms with E-state index in [0.29, 0.717) is 5.69 Å². The average molecular weight is 391 g/mol. The van der Waals surface area contributed by atoms with Crippen LogP contribution in [0.2, 0.25) is 0 Å². The molecule has 1 aliphatic heterocycles. The van der Waals surface area contributed by atoms with Gasteiger partial charge in [0.2, 0.25) is 0 Å². The molecule has 1 fully saturated rings. The summed E-state index contributed by atoms with van der Waals surface area (Å²) in [5.74, 6) is -0.0598. The van der Waals surface area contributed by atoms with E-state index in [0.717, 1.165) is 61.4 Å². The quantitative estimate of drug-likeness (QED) is 0.704. The van der Waals surface area contributed by atoms with Crippen molar-refractivity contribution >= 4 is 28.2 Å². The van der Waals surface area contributed by atoms with Gasteiger partial charge in [0.15, 0.2) is 0 Å². The minimum absolute atomic E-state index is 0.0598. The van der Waals surface area contributed by atoms with Crippen LogP contribution in [0.4, 0.5) is 11.4 Å². The van der Waals surface area contributed by atoms with Crippen LogP contribution in [0, 0.1) is 6.92 Å². The Hall–Kier alpha value is -2.79. The molecule has 5 nitrogen and oxygen atoms in total. The van der Waals surface area contributed by atoms with E-state index in [1.807, 2.05) is 24.3 Å². The SMILES string of the molecule is CCN1CCN(c2ccc(NC(=O)c3cc4ccccc4n3CC)c(C)c2)CC1. The number of carbonyl (C=O) groups is 1. The van der Waals surface area contributed by atoms with Gasteiger partial charge in [0.05, 0.1) is 0 Å². The Morgan fingerprint density at radius 2 is 1.72 bits per heavy atom.